The van der Waals surface area contributed by atoms with Crippen LogP contribution in [-0.4, -0.2) is 39.5 Å². The molecule has 2 aromatic carbocycles. The standard InChI is InChI=1S/C24H20Cl2N4O4S2/c1-30-19(11-34-18-9-8-15(25)10-17(18)26)28-29-24(30)36-13-20(31)27-22-21(23(32)33-2)16(12-35-22)14-6-4-3-5-7-14/h3-10,12H,11,13H2,1-2H3,(H,27,31). The summed E-state index contributed by atoms with van der Waals surface area (Å²) in [5, 5.41) is 14.8. The van der Waals surface area contributed by atoms with Crippen LogP contribution in [0.2, 0.25) is 10.0 Å². The van der Waals surface area contributed by atoms with Gasteiger partial charge in [-0.1, -0.05) is 65.3 Å². The van der Waals surface area contributed by atoms with E-state index in [0.29, 0.717) is 42.9 Å². The summed E-state index contributed by atoms with van der Waals surface area (Å²) in [6.07, 6.45) is 0. The van der Waals surface area contributed by atoms with Crippen LogP contribution in [0.1, 0.15) is 16.2 Å². The summed E-state index contributed by atoms with van der Waals surface area (Å²) in [7, 11) is 3.09. The molecule has 0 unspecified atom stereocenters. The second-order valence-electron chi connectivity index (χ2n) is 7.37. The van der Waals surface area contributed by atoms with E-state index in [-0.39, 0.29) is 18.3 Å². The minimum absolute atomic E-state index is 0.0645. The highest BCUT2D eigenvalue weighted by Crippen LogP contribution is 2.36. The third kappa shape index (κ3) is 6.01. The van der Waals surface area contributed by atoms with Crippen LogP contribution in [0.3, 0.4) is 0 Å². The summed E-state index contributed by atoms with van der Waals surface area (Å²) in [4.78, 5) is 25.2. The summed E-state index contributed by atoms with van der Waals surface area (Å²) >= 11 is 14.5. The van der Waals surface area contributed by atoms with E-state index in [0.717, 1.165) is 5.56 Å². The van der Waals surface area contributed by atoms with Gasteiger partial charge in [-0.2, -0.15) is 0 Å². The van der Waals surface area contributed by atoms with E-state index in [1.165, 1.54) is 30.2 Å². The maximum absolute atomic E-state index is 12.7. The lowest BCUT2D eigenvalue weighted by Crippen LogP contribution is -2.16. The fourth-order valence-electron chi connectivity index (χ4n) is 3.21. The number of carbonyl (C=O) groups excluding carboxylic acids is 2. The number of anilines is 1. The van der Waals surface area contributed by atoms with Gasteiger partial charge in [0, 0.05) is 23.0 Å². The van der Waals surface area contributed by atoms with Crippen LogP contribution in [0.15, 0.2) is 59.1 Å². The molecule has 0 bridgehead atoms. The van der Waals surface area contributed by atoms with E-state index >= 15 is 0 Å². The molecule has 0 aliphatic heterocycles. The third-order valence-corrected chi connectivity index (χ3v) is 7.47. The lowest BCUT2D eigenvalue weighted by Gasteiger charge is -2.09. The number of hydrogen-bond donors (Lipinski definition) is 1. The molecule has 0 fully saturated rings. The van der Waals surface area contributed by atoms with Gasteiger partial charge in [-0.05, 0) is 23.8 Å². The van der Waals surface area contributed by atoms with Crippen molar-refractivity contribution in [2.75, 3.05) is 18.2 Å². The van der Waals surface area contributed by atoms with Crippen molar-refractivity contribution >= 4 is 63.2 Å². The Morgan fingerprint density at radius 2 is 1.92 bits per heavy atom. The van der Waals surface area contributed by atoms with Gasteiger partial charge in [0.05, 0.1) is 17.9 Å². The average molecular weight is 563 g/mol. The van der Waals surface area contributed by atoms with Crippen LogP contribution in [0, 0.1) is 0 Å². The number of rotatable bonds is 9. The zero-order chi connectivity index (χ0) is 25.7. The normalized spacial score (nSPS) is 10.8. The summed E-state index contributed by atoms with van der Waals surface area (Å²) in [6.45, 7) is 0.136. The SMILES string of the molecule is COC(=O)c1c(-c2ccccc2)csc1NC(=O)CSc1nnc(COc2ccc(Cl)cc2Cl)n1C. The van der Waals surface area contributed by atoms with E-state index in [1.807, 2.05) is 35.7 Å². The van der Waals surface area contributed by atoms with Crippen molar-refractivity contribution in [1.29, 1.82) is 0 Å². The average Bonchev–Trinajstić information content (AvgIpc) is 3.45. The molecule has 2 aromatic heterocycles. The van der Waals surface area contributed by atoms with Crippen molar-refractivity contribution in [3.63, 3.8) is 0 Å². The molecule has 2 heterocycles. The molecule has 36 heavy (non-hydrogen) atoms. The largest absolute Gasteiger partial charge is 0.484 e. The molecule has 4 aromatic rings. The Labute approximate surface area is 225 Å². The molecule has 0 atom stereocenters. The van der Waals surface area contributed by atoms with Gasteiger partial charge in [0.1, 0.15) is 22.9 Å². The molecule has 0 spiro atoms. The minimum Gasteiger partial charge on any atom is -0.484 e. The Kier molecular flexibility index (Phi) is 8.52. The fourth-order valence-corrected chi connectivity index (χ4v) is 5.38. The Hall–Kier alpha value is -3.05. The second-order valence-corrected chi connectivity index (χ2v) is 10.0. The van der Waals surface area contributed by atoms with Crippen LogP contribution < -0.4 is 10.1 Å². The Bertz CT molecular complexity index is 1390. The number of esters is 1. The number of methoxy groups -OCH3 is 1. The molecule has 1 N–H and O–H groups in total. The highest BCUT2D eigenvalue weighted by Gasteiger charge is 2.22. The molecule has 1 amide bonds. The van der Waals surface area contributed by atoms with Crippen molar-refractivity contribution in [2.24, 2.45) is 7.05 Å². The number of amides is 1. The maximum Gasteiger partial charge on any atom is 0.341 e. The highest BCUT2D eigenvalue weighted by molar-refractivity contribution is 7.99. The molecular weight excluding hydrogens is 543 g/mol. The Balaban J connectivity index is 1.39. The molecule has 186 valence electrons. The number of nitrogens with zero attached hydrogens (tertiary/aromatic N) is 3. The van der Waals surface area contributed by atoms with E-state index in [1.54, 1.807) is 29.8 Å². The molecule has 0 aliphatic carbocycles. The molecule has 8 nitrogen and oxygen atoms in total. The van der Waals surface area contributed by atoms with Gasteiger partial charge in [-0.25, -0.2) is 4.79 Å². The molecule has 0 saturated carbocycles. The quantitative estimate of drug-likeness (QED) is 0.199. The van der Waals surface area contributed by atoms with Crippen molar-refractivity contribution < 1.29 is 19.1 Å². The van der Waals surface area contributed by atoms with Gasteiger partial charge < -0.3 is 19.4 Å². The van der Waals surface area contributed by atoms with Crippen molar-refractivity contribution in [3.05, 3.63) is 75.3 Å². The van der Waals surface area contributed by atoms with Gasteiger partial charge in [0.15, 0.2) is 11.0 Å². The van der Waals surface area contributed by atoms with Crippen LogP contribution in [0.5, 0.6) is 5.75 Å². The zero-order valence-corrected chi connectivity index (χ0v) is 22.3. The van der Waals surface area contributed by atoms with Crippen molar-refractivity contribution in [3.8, 4) is 16.9 Å². The second kappa shape index (κ2) is 11.8. The number of ether oxygens (including phenoxy) is 2. The van der Waals surface area contributed by atoms with Gasteiger partial charge in [-0.3, -0.25) is 4.79 Å². The first-order chi connectivity index (χ1) is 17.4. The van der Waals surface area contributed by atoms with Gasteiger partial charge in [0.2, 0.25) is 5.91 Å². The van der Waals surface area contributed by atoms with E-state index < -0.39 is 5.97 Å². The molecule has 0 saturated heterocycles. The topological polar surface area (TPSA) is 95.3 Å². The molecule has 4 rings (SSSR count). The van der Waals surface area contributed by atoms with Crippen molar-refractivity contribution in [2.45, 2.75) is 11.8 Å². The van der Waals surface area contributed by atoms with E-state index in [9.17, 15) is 9.59 Å². The number of hydrogen-bond acceptors (Lipinski definition) is 8. The van der Waals surface area contributed by atoms with E-state index in [4.69, 9.17) is 32.7 Å². The first kappa shape index (κ1) is 26.0. The lowest BCUT2D eigenvalue weighted by atomic mass is 10.0. The predicted molar refractivity (Wildman–Crippen MR) is 142 cm³/mol. The molecule has 12 heteroatoms. The molecule has 0 radical (unpaired) electrons. The zero-order valence-electron chi connectivity index (χ0n) is 19.2. The number of aromatic nitrogens is 3. The van der Waals surface area contributed by atoms with Gasteiger partial charge in [0.25, 0.3) is 0 Å². The summed E-state index contributed by atoms with van der Waals surface area (Å²) < 4.78 is 12.4. The highest BCUT2D eigenvalue weighted by atomic mass is 35.5. The first-order valence-corrected chi connectivity index (χ1v) is 13.1. The summed E-state index contributed by atoms with van der Waals surface area (Å²) in [5.74, 6) is 0.291. The van der Waals surface area contributed by atoms with Crippen LogP contribution >= 0.6 is 46.3 Å². The Morgan fingerprint density at radius 1 is 1.14 bits per heavy atom. The monoisotopic (exact) mass is 562 g/mol. The maximum atomic E-state index is 12.7. The minimum atomic E-state index is -0.517. The third-order valence-electron chi connectivity index (χ3n) is 5.03. The fraction of sp³-hybridized carbons (Fsp3) is 0.167. The number of thiophene rings is 1. The van der Waals surface area contributed by atoms with Crippen LogP contribution in [0.25, 0.3) is 11.1 Å². The molecular formula is C24H20Cl2N4O4S2. The first-order valence-electron chi connectivity index (χ1n) is 10.5. The predicted octanol–water partition coefficient (Wildman–Crippen LogP) is 5.95. The van der Waals surface area contributed by atoms with Crippen LogP contribution in [0.4, 0.5) is 5.00 Å². The summed E-state index contributed by atoms with van der Waals surface area (Å²) in [6, 6.07) is 14.4. The van der Waals surface area contributed by atoms with Gasteiger partial charge >= 0.3 is 5.97 Å². The van der Waals surface area contributed by atoms with Crippen molar-refractivity contribution in [1.82, 2.24) is 14.8 Å². The smallest absolute Gasteiger partial charge is 0.341 e. The number of carbonyl (C=O) groups is 2. The lowest BCUT2D eigenvalue weighted by molar-refractivity contribution is -0.113. The number of benzene rings is 2. The number of nitrogens with one attached hydrogen (secondary N) is 1. The Morgan fingerprint density at radius 3 is 2.64 bits per heavy atom. The molecule has 0 aliphatic rings. The van der Waals surface area contributed by atoms with Gasteiger partial charge in [-0.15, -0.1) is 21.5 Å². The summed E-state index contributed by atoms with van der Waals surface area (Å²) in [5.41, 5.74) is 1.89. The number of halogens is 2. The number of thioether (sulfide) groups is 1. The van der Waals surface area contributed by atoms with Crippen LogP contribution in [-0.2, 0) is 23.2 Å². The van der Waals surface area contributed by atoms with E-state index in [2.05, 4.69) is 15.5 Å².